The Kier molecular flexibility index (Phi) is 7.30. The van der Waals surface area contributed by atoms with Crippen molar-refractivity contribution in [3.8, 4) is 0 Å². The van der Waals surface area contributed by atoms with Crippen molar-refractivity contribution in [2.24, 2.45) is 11.3 Å². The molecule has 0 bridgehead atoms. The maximum absolute atomic E-state index is 12.3. The van der Waals surface area contributed by atoms with Gasteiger partial charge in [-0.15, -0.1) is 6.58 Å². The lowest BCUT2D eigenvalue weighted by atomic mass is 9.68. The maximum atomic E-state index is 12.3. The maximum Gasteiger partial charge on any atom is 0.410 e. The Balaban J connectivity index is 3.22. The third-order valence-corrected chi connectivity index (χ3v) is 11.3. The second-order valence-electron chi connectivity index (χ2n) is 11.3. The van der Waals surface area contributed by atoms with Gasteiger partial charge in [0, 0.05) is 6.61 Å². The largest absolute Gasteiger partial charge is 0.465 e. The average molecular weight is 414 g/mol. The van der Waals surface area contributed by atoms with Gasteiger partial charge in [-0.2, -0.15) is 0 Å². The molecule has 0 saturated carbocycles. The Morgan fingerprint density at radius 1 is 1.29 bits per heavy atom. The molecule has 0 spiro atoms. The summed E-state index contributed by atoms with van der Waals surface area (Å²) >= 11 is 0. The third-order valence-electron chi connectivity index (χ3n) is 6.83. The number of nitrogens with zero attached hydrogens (tertiary/aromatic N) is 1. The second kappa shape index (κ2) is 8.11. The molecule has 1 saturated heterocycles. The third kappa shape index (κ3) is 5.00. The monoisotopic (exact) mass is 413 g/mol. The van der Waals surface area contributed by atoms with Gasteiger partial charge in [-0.05, 0) is 56.2 Å². The fourth-order valence-corrected chi connectivity index (χ4v) is 4.91. The van der Waals surface area contributed by atoms with Crippen LogP contribution >= 0.6 is 0 Å². The van der Waals surface area contributed by atoms with Crippen LogP contribution in [0.5, 0.6) is 0 Å². The van der Waals surface area contributed by atoms with Gasteiger partial charge >= 0.3 is 6.09 Å². The first-order valence-electron chi connectivity index (χ1n) is 10.3. The highest BCUT2D eigenvalue weighted by atomic mass is 28.4. The van der Waals surface area contributed by atoms with Crippen LogP contribution in [-0.2, 0) is 9.16 Å². The number of allylic oxidation sites excluding steroid dienone is 1. The Morgan fingerprint density at radius 3 is 2.21 bits per heavy atom. The molecule has 1 aliphatic rings. The number of ether oxygens (including phenoxy) is 1. The van der Waals surface area contributed by atoms with Crippen molar-refractivity contribution in [3.63, 3.8) is 0 Å². The minimum atomic E-state index is -1.89. The van der Waals surface area contributed by atoms with E-state index in [1.54, 1.807) is 4.90 Å². The highest BCUT2D eigenvalue weighted by molar-refractivity contribution is 6.74. The summed E-state index contributed by atoms with van der Waals surface area (Å²) in [5.41, 5.74) is -1.75. The Hall–Kier alpha value is -0.853. The molecule has 0 unspecified atom stereocenters. The first-order valence-corrected chi connectivity index (χ1v) is 13.2. The van der Waals surface area contributed by atoms with Crippen molar-refractivity contribution < 1.29 is 19.1 Å². The smallest absolute Gasteiger partial charge is 0.410 e. The highest BCUT2D eigenvalue weighted by Gasteiger charge is 2.60. The SMILES string of the molecule is C=CC[C@@H](CO[Si](C)(C)C(C)(C)C)C[C@]1(C(C)(C)C)COC(C)(C)N1C(=O)O. The molecule has 164 valence electrons. The molecule has 2 atom stereocenters. The summed E-state index contributed by atoms with van der Waals surface area (Å²) in [5, 5.41) is 10.2. The van der Waals surface area contributed by atoms with E-state index in [2.05, 4.69) is 61.2 Å². The number of hydrogen-bond acceptors (Lipinski definition) is 3. The van der Waals surface area contributed by atoms with Crippen LogP contribution in [-0.4, -0.2) is 48.9 Å². The molecule has 0 aromatic carbocycles. The van der Waals surface area contributed by atoms with Crippen LogP contribution < -0.4 is 0 Å². The van der Waals surface area contributed by atoms with Gasteiger partial charge in [-0.3, -0.25) is 4.90 Å². The minimum absolute atomic E-state index is 0.138. The molecular weight excluding hydrogens is 370 g/mol. The molecule has 1 fully saturated rings. The van der Waals surface area contributed by atoms with E-state index >= 15 is 0 Å². The fourth-order valence-electron chi connectivity index (χ4n) is 3.83. The molecule has 28 heavy (non-hydrogen) atoms. The first-order chi connectivity index (χ1) is 12.4. The van der Waals surface area contributed by atoms with Crippen LogP contribution in [0.25, 0.3) is 0 Å². The van der Waals surface area contributed by atoms with Crippen LogP contribution in [0.4, 0.5) is 4.79 Å². The van der Waals surface area contributed by atoms with Crippen molar-refractivity contribution in [3.05, 3.63) is 12.7 Å². The summed E-state index contributed by atoms with van der Waals surface area (Å²) in [6.07, 6.45) is 2.47. The first kappa shape index (κ1) is 25.2. The van der Waals surface area contributed by atoms with Crippen molar-refractivity contribution in [2.75, 3.05) is 13.2 Å². The zero-order chi connectivity index (χ0) is 22.2. The normalized spacial score (nSPS) is 24.3. The zero-order valence-corrected chi connectivity index (χ0v) is 20.8. The predicted molar refractivity (Wildman–Crippen MR) is 118 cm³/mol. The summed E-state index contributed by atoms with van der Waals surface area (Å²) in [5.74, 6) is 0.185. The number of hydrogen-bond donors (Lipinski definition) is 1. The molecule has 6 heteroatoms. The standard InChI is InChI=1S/C22H43NO4Si/c1-12-13-17(15-27-28(10,11)20(5,6)7)14-22(19(2,3)4)16-26-21(8,9)23(22)18(24)25/h12,17H,1,13-16H2,2-11H3,(H,24,25)/t17-,22-/m1/s1. The van der Waals surface area contributed by atoms with E-state index in [1.165, 1.54) is 0 Å². The molecule has 0 aromatic rings. The molecule has 1 amide bonds. The zero-order valence-electron chi connectivity index (χ0n) is 19.8. The summed E-state index contributed by atoms with van der Waals surface area (Å²) in [4.78, 5) is 13.8. The van der Waals surface area contributed by atoms with Crippen molar-refractivity contribution >= 4 is 14.4 Å². The van der Waals surface area contributed by atoms with Crippen molar-refractivity contribution in [1.82, 2.24) is 4.90 Å². The molecule has 0 radical (unpaired) electrons. The van der Waals surface area contributed by atoms with Gasteiger partial charge in [0.25, 0.3) is 0 Å². The fraction of sp³-hybridized carbons (Fsp3) is 0.864. The minimum Gasteiger partial charge on any atom is -0.465 e. The average Bonchev–Trinajstić information content (AvgIpc) is 2.75. The van der Waals surface area contributed by atoms with Crippen LogP contribution in [0.1, 0.15) is 68.2 Å². The van der Waals surface area contributed by atoms with Gasteiger partial charge < -0.3 is 14.3 Å². The Bertz CT molecular complexity index is 574. The van der Waals surface area contributed by atoms with E-state index in [9.17, 15) is 9.90 Å². The molecule has 1 aliphatic heterocycles. The number of carboxylic acid groups (broad SMARTS) is 1. The second-order valence-corrected chi connectivity index (χ2v) is 16.1. The van der Waals surface area contributed by atoms with Crippen LogP contribution in [0.2, 0.25) is 18.1 Å². The Labute approximate surface area is 173 Å². The summed E-state index contributed by atoms with van der Waals surface area (Å²) in [6.45, 7) is 26.1. The van der Waals surface area contributed by atoms with Gasteiger partial charge in [0.05, 0.1) is 12.1 Å². The van der Waals surface area contributed by atoms with E-state index in [1.807, 2.05) is 19.9 Å². The lowest BCUT2D eigenvalue weighted by Gasteiger charge is -2.50. The van der Waals surface area contributed by atoms with E-state index in [-0.39, 0.29) is 16.4 Å². The lowest BCUT2D eigenvalue weighted by molar-refractivity contribution is -0.0619. The summed E-state index contributed by atoms with van der Waals surface area (Å²) in [7, 11) is -1.89. The molecule has 5 nitrogen and oxygen atoms in total. The summed E-state index contributed by atoms with van der Waals surface area (Å²) in [6, 6.07) is 0. The van der Waals surface area contributed by atoms with E-state index < -0.39 is 25.7 Å². The molecule has 0 aromatic heterocycles. The summed E-state index contributed by atoms with van der Waals surface area (Å²) < 4.78 is 12.5. The molecular formula is C22H43NO4Si. The lowest BCUT2D eigenvalue weighted by Crippen LogP contribution is -2.62. The van der Waals surface area contributed by atoms with E-state index in [4.69, 9.17) is 9.16 Å². The van der Waals surface area contributed by atoms with Gasteiger partial charge in [0.2, 0.25) is 0 Å². The number of rotatable bonds is 7. The quantitative estimate of drug-likeness (QED) is 0.403. The molecule has 1 rings (SSSR count). The topological polar surface area (TPSA) is 59.0 Å². The van der Waals surface area contributed by atoms with E-state index in [0.29, 0.717) is 19.6 Å². The van der Waals surface area contributed by atoms with Crippen molar-refractivity contribution in [2.45, 2.75) is 97.6 Å². The van der Waals surface area contributed by atoms with Gasteiger partial charge in [-0.1, -0.05) is 47.6 Å². The van der Waals surface area contributed by atoms with Crippen LogP contribution in [0, 0.1) is 11.3 Å². The van der Waals surface area contributed by atoms with Crippen molar-refractivity contribution in [1.29, 1.82) is 0 Å². The number of carbonyl (C=O) groups is 1. The van der Waals surface area contributed by atoms with Gasteiger partial charge in [0.1, 0.15) is 5.72 Å². The number of amides is 1. The predicted octanol–water partition coefficient (Wildman–Crippen LogP) is 6.12. The molecule has 1 N–H and O–H groups in total. The van der Waals surface area contributed by atoms with Gasteiger partial charge in [0.15, 0.2) is 8.32 Å². The van der Waals surface area contributed by atoms with Crippen LogP contribution in [0.15, 0.2) is 12.7 Å². The highest BCUT2D eigenvalue weighted by Crippen LogP contribution is 2.50. The molecule has 0 aliphatic carbocycles. The Morgan fingerprint density at radius 2 is 1.82 bits per heavy atom. The van der Waals surface area contributed by atoms with Crippen LogP contribution in [0.3, 0.4) is 0 Å². The molecule has 1 heterocycles. The van der Waals surface area contributed by atoms with E-state index in [0.717, 1.165) is 6.42 Å². The van der Waals surface area contributed by atoms with Gasteiger partial charge in [-0.25, -0.2) is 4.79 Å².